The third kappa shape index (κ3) is 2.49. The zero-order chi connectivity index (χ0) is 10.5. The fourth-order valence-electron chi connectivity index (χ4n) is 1.23. The summed E-state index contributed by atoms with van der Waals surface area (Å²) in [6.07, 6.45) is 2.08. The zero-order valence-electron chi connectivity index (χ0n) is 8.09. The molecule has 2 rings (SSSR count). The minimum absolute atomic E-state index is 0.290. The van der Waals surface area contributed by atoms with E-state index in [1.807, 2.05) is 30.3 Å². The molecule has 1 heterocycles. The maximum absolute atomic E-state index is 11.0. The number of ether oxygens (including phenoxy) is 1. The Morgan fingerprint density at radius 1 is 1.27 bits per heavy atom. The van der Waals surface area contributed by atoms with E-state index in [0.29, 0.717) is 18.6 Å². The van der Waals surface area contributed by atoms with Crippen LogP contribution >= 0.6 is 0 Å². The molecule has 0 unspecified atom stereocenters. The van der Waals surface area contributed by atoms with Crippen LogP contribution in [0.15, 0.2) is 52.3 Å². The van der Waals surface area contributed by atoms with Crippen molar-refractivity contribution in [2.24, 2.45) is 10.2 Å². The molecule has 4 nitrogen and oxygen atoms in total. The van der Waals surface area contributed by atoms with Gasteiger partial charge in [-0.05, 0) is 12.1 Å². The van der Waals surface area contributed by atoms with Crippen molar-refractivity contribution in [3.05, 3.63) is 42.1 Å². The number of hydrogen-bond donors (Lipinski definition) is 0. The third-order valence-electron chi connectivity index (χ3n) is 2.01. The molecule has 1 aromatic carbocycles. The maximum Gasteiger partial charge on any atom is 0.335 e. The summed E-state index contributed by atoms with van der Waals surface area (Å²) in [5, 5.41) is 7.78. The van der Waals surface area contributed by atoms with Gasteiger partial charge in [0.1, 0.15) is 0 Å². The Labute approximate surface area is 87.3 Å². The van der Waals surface area contributed by atoms with E-state index < -0.39 is 0 Å². The fourth-order valence-corrected chi connectivity index (χ4v) is 1.23. The molecule has 1 aromatic rings. The first-order valence-electron chi connectivity index (χ1n) is 4.68. The molecule has 0 amide bonds. The predicted molar refractivity (Wildman–Crippen MR) is 54.6 cm³/mol. The second-order valence-corrected chi connectivity index (χ2v) is 3.09. The monoisotopic (exact) mass is 202 g/mol. The number of nitrogens with zero attached hydrogens (tertiary/aromatic N) is 2. The van der Waals surface area contributed by atoms with Crippen molar-refractivity contribution >= 4 is 11.7 Å². The number of hydrogen-bond acceptors (Lipinski definition) is 4. The van der Waals surface area contributed by atoms with Crippen LogP contribution in [0.4, 0.5) is 5.69 Å². The fraction of sp³-hybridized carbons (Fsp3) is 0.182. The number of esters is 1. The van der Waals surface area contributed by atoms with E-state index in [1.165, 1.54) is 6.20 Å². The highest BCUT2D eigenvalue weighted by Gasteiger charge is 2.17. The number of carbonyl (C=O) groups excluding carboxylic acids is 1. The first-order chi connectivity index (χ1) is 7.36. The van der Waals surface area contributed by atoms with Crippen LogP contribution in [0.3, 0.4) is 0 Å². The maximum atomic E-state index is 11.0. The highest BCUT2D eigenvalue weighted by Crippen LogP contribution is 2.14. The Morgan fingerprint density at radius 2 is 2.07 bits per heavy atom. The molecule has 0 N–H and O–H groups in total. The van der Waals surface area contributed by atoms with Crippen LogP contribution in [-0.2, 0) is 9.53 Å². The van der Waals surface area contributed by atoms with Gasteiger partial charge in [-0.15, -0.1) is 0 Å². The Kier molecular flexibility index (Phi) is 2.88. The number of cyclic esters (lactones) is 1. The van der Waals surface area contributed by atoms with Crippen molar-refractivity contribution in [1.82, 2.24) is 0 Å². The zero-order valence-corrected chi connectivity index (χ0v) is 8.09. The Morgan fingerprint density at radius 3 is 2.73 bits per heavy atom. The second kappa shape index (κ2) is 4.50. The number of rotatable bonds is 2. The second-order valence-electron chi connectivity index (χ2n) is 3.09. The van der Waals surface area contributed by atoms with E-state index >= 15 is 0 Å². The first-order valence-corrected chi connectivity index (χ1v) is 4.68. The van der Waals surface area contributed by atoms with E-state index in [0.717, 1.165) is 5.69 Å². The Bertz CT molecular complexity index is 410. The van der Waals surface area contributed by atoms with Gasteiger partial charge in [-0.2, -0.15) is 10.2 Å². The van der Waals surface area contributed by atoms with Crippen LogP contribution in [0.2, 0.25) is 0 Å². The van der Waals surface area contributed by atoms with E-state index in [4.69, 9.17) is 4.74 Å². The first kappa shape index (κ1) is 9.58. The van der Waals surface area contributed by atoms with Gasteiger partial charge in [0.25, 0.3) is 0 Å². The normalized spacial score (nSPS) is 18.7. The molecule has 15 heavy (non-hydrogen) atoms. The van der Waals surface area contributed by atoms with Gasteiger partial charge < -0.3 is 4.74 Å². The highest BCUT2D eigenvalue weighted by atomic mass is 16.5. The van der Waals surface area contributed by atoms with E-state index in [-0.39, 0.29) is 5.97 Å². The number of carbonyl (C=O) groups is 1. The minimum atomic E-state index is -0.290. The summed E-state index contributed by atoms with van der Waals surface area (Å²) in [5.41, 5.74) is 1.34. The molecule has 0 bridgehead atoms. The highest BCUT2D eigenvalue weighted by molar-refractivity contribution is 5.90. The van der Waals surface area contributed by atoms with Gasteiger partial charge in [-0.1, -0.05) is 18.2 Å². The molecule has 0 spiro atoms. The molecular weight excluding hydrogens is 192 g/mol. The molecule has 1 aliphatic heterocycles. The van der Waals surface area contributed by atoms with Crippen LogP contribution in [0.25, 0.3) is 0 Å². The average Bonchev–Trinajstić information content (AvgIpc) is 2.66. The van der Waals surface area contributed by atoms with Crippen LogP contribution in [-0.4, -0.2) is 12.6 Å². The topological polar surface area (TPSA) is 51.0 Å². The van der Waals surface area contributed by atoms with Crippen molar-refractivity contribution < 1.29 is 9.53 Å². The van der Waals surface area contributed by atoms with Gasteiger partial charge in [0.15, 0.2) is 0 Å². The lowest BCUT2D eigenvalue weighted by atomic mass is 10.2. The van der Waals surface area contributed by atoms with Crippen molar-refractivity contribution in [1.29, 1.82) is 0 Å². The molecule has 1 fully saturated rings. The average molecular weight is 202 g/mol. The molecule has 0 atom stereocenters. The smallest absolute Gasteiger partial charge is 0.335 e. The van der Waals surface area contributed by atoms with Gasteiger partial charge in [0.05, 0.1) is 24.1 Å². The SMILES string of the molecule is O=C1OCC/C1=C\N=Nc1ccccc1. The molecule has 1 aliphatic rings. The summed E-state index contributed by atoms with van der Waals surface area (Å²) in [6, 6.07) is 9.35. The Balaban J connectivity index is 2.04. The molecule has 1 saturated heterocycles. The largest absolute Gasteiger partial charge is 0.462 e. The molecule has 76 valence electrons. The van der Waals surface area contributed by atoms with E-state index in [9.17, 15) is 4.79 Å². The lowest BCUT2D eigenvalue weighted by Crippen LogP contribution is -1.93. The third-order valence-corrected chi connectivity index (χ3v) is 2.01. The summed E-state index contributed by atoms with van der Waals surface area (Å²) in [5.74, 6) is -0.290. The van der Waals surface area contributed by atoms with Crippen molar-refractivity contribution in [3.63, 3.8) is 0 Å². The molecule has 4 heteroatoms. The summed E-state index contributed by atoms with van der Waals surface area (Å²) < 4.78 is 4.76. The standard InChI is InChI=1S/C11H10N2O2/c14-11-9(6-7-15-11)8-12-13-10-4-2-1-3-5-10/h1-5,8H,6-7H2/b9-8+,13-12?. The van der Waals surface area contributed by atoms with Gasteiger partial charge in [0.2, 0.25) is 0 Å². The summed E-state index contributed by atoms with van der Waals surface area (Å²) in [7, 11) is 0. The lowest BCUT2D eigenvalue weighted by Gasteiger charge is -1.88. The summed E-state index contributed by atoms with van der Waals surface area (Å²) in [4.78, 5) is 11.0. The number of benzene rings is 1. The van der Waals surface area contributed by atoms with Gasteiger partial charge >= 0.3 is 5.97 Å². The van der Waals surface area contributed by atoms with Crippen molar-refractivity contribution in [2.75, 3.05) is 6.61 Å². The molecule has 0 aliphatic carbocycles. The molecule has 0 radical (unpaired) electrons. The van der Waals surface area contributed by atoms with Gasteiger partial charge in [-0.25, -0.2) is 4.79 Å². The van der Waals surface area contributed by atoms with Crippen LogP contribution in [0.5, 0.6) is 0 Å². The summed E-state index contributed by atoms with van der Waals surface area (Å²) >= 11 is 0. The Hall–Kier alpha value is -1.97. The van der Waals surface area contributed by atoms with Crippen LogP contribution < -0.4 is 0 Å². The minimum Gasteiger partial charge on any atom is -0.462 e. The molecule has 0 aromatic heterocycles. The van der Waals surface area contributed by atoms with Crippen LogP contribution in [0.1, 0.15) is 6.42 Å². The lowest BCUT2D eigenvalue weighted by molar-refractivity contribution is -0.135. The molecular formula is C11H10N2O2. The van der Waals surface area contributed by atoms with E-state index in [2.05, 4.69) is 10.2 Å². The van der Waals surface area contributed by atoms with Crippen molar-refractivity contribution in [2.45, 2.75) is 6.42 Å². The molecule has 0 saturated carbocycles. The predicted octanol–water partition coefficient (Wildman–Crippen LogP) is 2.60. The quantitative estimate of drug-likeness (QED) is 0.420. The van der Waals surface area contributed by atoms with Crippen LogP contribution in [0, 0.1) is 0 Å². The summed E-state index contributed by atoms with van der Waals surface area (Å²) in [6.45, 7) is 0.450. The van der Waals surface area contributed by atoms with E-state index in [1.54, 1.807) is 0 Å². The van der Waals surface area contributed by atoms with Gasteiger partial charge in [-0.3, -0.25) is 0 Å². The number of azo groups is 1. The van der Waals surface area contributed by atoms with Crippen molar-refractivity contribution in [3.8, 4) is 0 Å². The van der Waals surface area contributed by atoms with Gasteiger partial charge in [0, 0.05) is 6.42 Å².